The minimum Gasteiger partial charge on any atom is -0.456 e. The number of carbonyl (C=O) groups is 2. The fourth-order valence-corrected chi connectivity index (χ4v) is 2.34. The molecule has 2 rings (SSSR count). The third-order valence-corrected chi connectivity index (χ3v) is 4.40. The first-order valence-corrected chi connectivity index (χ1v) is 9.75. The Balaban J connectivity index is 1.94. The van der Waals surface area contributed by atoms with Crippen molar-refractivity contribution in [3.63, 3.8) is 0 Å². The molecule has 0 spiro atoms. The first kappa shape index (κ1) is 23.1. The second kappa shape index (κ2) is 8.30. The van der Waals surface area contributed by atoms with Crippen molar-refractivity contribution in [2.45, 2.75) is 44.0 Å². The summed E-state index contributed by atoms with van der Waals surface area (Å²) >= 11 is 0. The number of rotatable bonds is 6. The standard InChI is InChI=1S/C17H20F2O9S/c1-16(2,3)28-13(20)10-4-6-11(7-5-10)15-25-8-12(27-15)14(21)26-9-17(18,19)29(22,23)24/h4-7,12,15H,8-9H2,1-3H3,(H,22,23,24). The van der Waals surface area contributed by atoms with Crippen molar-refractivity contribution in [3.8, 4) is 0 Å². The minimum atomic E-state index is -5.72. The summed E-state index contributed by atoms with van der Waals surface area (Å²) in [7, 11) is -5.72. The van der Waals surface area contributed by atoms with E-state index in [2.05, 4.69) is 4.74 Å². The SMILES string of the molecule is CC(C)(C)OC(=O)c1ccc(C2OCC(C(=O)OCC(F)(F)S(=O)(=O)O)O2)cc1. The monoisotopic (exact) mass is 438 g/mol. The first-order chi connectivity index (χ1) is 13.2. The molecular formula is C17H20F2O9S. The van der Waals surface area contributed by atoms with Crippen molar-refractivity contribution in [1.29, 1.82) is 0 Å². The molecule has 0 aliphatic carbocycles. The van der Waals surface area contributed by atoms with Gasteiger partial charge in [-0.2, -0.15) is 17.2 Å². The molecule has 0 radical (unpaired) electrons. The molecular weight excluding hydrogens is 418 g/mol. The van der Waals surface area contributed by atoms with Gasteiger partial charge in [-0.1, -0.05) is 12.1 Å². The molecule has 1 fully saturated rings. The summed E-state index contributed by atoms with van der Waals surface area (Å²) in [6, 6.07) is 5.94. The van der Waals surface area contributed by atoms with Crippen LogP contribution in [0.15, 0.2) is 24.3 Å². The Kier molecular flexibility index (Phi) is 6.62. The van der Waals surface area contributed by atoms with E-state index in [4.69, 9.17) is 18.8 Å². The molecule has 2 unspecified atom stereocenters. The molecule has 0 amide bonds. The zero-order valence-corrected chi connectivity index (χ0v) is 16.6. The predicted molar refractivity (Wildman–Crippen MR) is 92.6 cm³/mol. The summed E-state index contributed by atoms with van der Waals surface area (Å²) in [5.74, 6) is -1.81. The van der Waals surface area contributed by atoms with Crippen molar-refractivity contribution < 1.29 is 50.3 Å². The van der Waals surface area contributed by atoms with Gasteiger partial charge in [0.2, 0.25) is 0 Å². The van der Waals surface area contributed by atoms with Crippen LogP contribution < -0.4 is 0 Å². The molecule has 2 atom stereocenters. The van der Waals surface area contributed by atoms with Crippen LogP contribution >= 0.6 is 0 Å². The number of esters is 2. The molecule has 1 aliphatic rings. The second-order valence-corrected chi connectivity index (χ2v) is 8.68. The fourth-order valence-electron chi connectivity index (χ4n) is 2.14. The van der Waals surface area contributed by atoms with Gasteiger partial charge in [-0.15, -0.1) is 0 Å². The number of halogens is 2. The molecule has 162 valence electrons. The van der Waals surface area contributed by atoms with Gasteiger partial charge in [0.15, 0.2) is 19.0 Å². The van der Waals surface area contributed by atoms with Crippen molar-refractivity contribution >= 4 is 22.1 Å². The summed E-state index contributed by atoms with van der Waals surface area (Å²) in [5, 5.41) is -4.64. The summed E-state index contributed by atoms with van der Waals surface area (Å²) in [6.45, 7) is 2.99. The molecule has 1 saturated heterocycles. The second-order valence-electron chi connectivity index (χ2n) is 7.13. The molecule has 0 bridgehead atoms. The van der Waals surface area contributed by atoms with Gasteiger partial charge in [0.25, 0.3) is 0 Å². The fraction of sp³-hybridized carbons (Fsp3) is 0.529. The van der Waals surface area contributed by atoms with Crippen LogP contribution in [0.3, 0.4) is 0 Å². The van der Waals surface area contributed by atoms with Gasteiger partial charge in [0.1, 0.15) is 5.60 Å². The van der Waals surface area contributed by atoms with Crippen LogP contribution in [0.2, 0.25) is 0 Å². The normalized spacial score (nSPS) is 20.3. The molecule has 12 heteroatoms. The van der Waals surface area contributed by atoms with E-state index in [9.17, 15) is 26.8 Å². The van der Waals surface area contributed by atoms with E-state index >= 15 is 0 Å². The molecule has 1 aromatic carbocycles. The number of carbonyl (C=O) groups excluding carboxylic acids is 2. The molecule has 29 heavy (non-hydrogen) atoms. The quantitative estimate of drug-likeness (QED) is 0.525. The van der Waals surface area contributed by atoms with Crippen molar-refractivity contribution in [1.82, 2.24) is 0 Å². The zero-order chi connectivity index (χ0) is 22.0. The Labute approximate surface area is 165 Å². The number of alkyl halides is 2. The van der Waals surface area contributed by atoms with E-state index in [0.717, 1.165) is 0 Å². The minimum absolute atomic E-state index is 0.282. The molecule has 0 aromatic heterocycles. The van der Waals surface area contributed by atoms with Gasteiger partial charge in [-0.05, 0) is 32.9 Å². The van der Waals surface area contributed by atoms with Crippen LogP contribution in [0.5, 0.6) is 0 Å². The highest BCUT2D eigenvalue weighted by molar-refractivity contribution is 7.86. The largest absolute Gasteiger partial charge is 0.456 e. The van der Waals surface area contributed by atoms with E-state index in [1.165, 1.54) is 24.3 Å². The van der Waals surface area contributed by atoms with Gasteiger partial charge in [0.05, 0.1) is 12.2 Å². The lowest BCUT2D eigenvalue weighted by Crippen LogP contribution is -2.37. The van der Waals surface area contributed by atoms with Crippen LogP contribution in [-0.4, -0.2) is 55.1 Å². The molecule has 0 saturated carbocycles. The third-order valence-electron chi connectivity index (χ3n) is 3.53. The molecule has 1 aliphatic heterocycles. The number of hydrogen-bond acceptors (Lipinski definition) is 8. The Hall–Kier alpha value is -2.15. The zero-order valence-electron chi connectivity index (χ0n) is 15.8. The lowest BCUT2D eigenvalue weighted by Gasteiger charge is -2.19. The van der Waals surface area contributed by atoms with Gasteiger partial charge in [-0.25, -0.2) is 9.59 Å². The van der Waals surface area contributed by atoms with Crippen LogP contribution in [0.25, 0.3) is 0 Å². The lowest BCUT2D eigenvalue weighted by atomic mass is 10.1. The van der Waals surface area contributed by atoms with Gasteiger partial charge in [0, 0.05) is 5.56 Å². The summed E-state index contributed by atoms with van der Waals surface area (Å²) < 4.78 is 75.5. The summed E-state index contributed by atoms with van der Waals surface area (Å²) in [4.78, 5) is 23.8. The van der Waals surface area contributed by atoms with Crippen LogP contribution in [0.1, 0.15) is 43.0 Å². The maximum atomic E-state index is 13.1. The smallest absolute Gasteiger partial charge is 0.402 e. The van der Waals surface area contributed by atoms with Crippen LogP contribution in [0.4, 0.5) is 8.78 Å². The average Bonchev–Trinajstić information content (AvgIpc) is 3.07. The third kappa shape index (κ3) is 6.16. The van der Waals surface area contributed by atoms with Gasteiger partial charge < -0.3 is 18.9 Å². The Morgan fingerprint density at radius 2 is 1.79 bits per heavy atom. The highest BCUT2D eigenvalue weighted by Gasteiger charge is 2.46. The van der Waals surface area contributed by atoms with Gasteiger partial charge in [-0.3, -0.25) is 4.55 Å². The topological polar surface area (TPSA) is 125 Å². The summed E-state index contributed by atoms with van der Waals surface area (Å²) in [5.41, 5.74) is 0.0636. The number of ether oxygens (including phenoxy) is 4. The average molecular weight is 438 g/mol. The predicted octanol–water partition coefficient (Wildman–Crippen LogP) is 2.08. The lowest BCUT2D eigenvalue weighted by molar-refractivity contribution is -0.163. The Morgan fingerprint density at radius 1 is 1.21 bits per heavy atom. The van der Waals surface area contributed by atoms with E-state index in [1.807, 2.05) is 0 Å². The van der Waals surface area contributed by atoms with Crippen molar-refractivity contribution in [2.75, 3.05) is 13.2 Å². The van der Waals surface area contributed by atoms with Crippen molar-refractivity contribution in [2.24, 2.45) is 0 Å². The maximum Gasteiger partial charge on any atom is 0.402 e. The van der Waals surface area contributed by atoms with Crippen molar-refractivity contribution in [3.05, 3.63) is 35.4 Å². The van der Waals surface area contributed by atoms with Crippen LogP contribution in [-0.2, 0) is 33.9 Å². The van der Waals surface area contributed by atoms with E-state index in [0.29, 0.717) is 5.56 Å². The first-order valence-electron chi connectivity index (χ1n) is 8.31. The van der Waals surface area contributed by atoms with Crippen LogP contribution in [0, 0.1) is 0 Å². The summed E-state index contributed by atoms with van der Waals surface area (Å²) in [6.07, 6.45) is -2.40. The van der Waals surface area contributed by atoms with Gasteiger partial charge >= 0.3 is 27.3 Å². The molecule has 1 heterocycles. The molecule has 1 N–H and O–H groups in total. The highest BCUT2D eigenvalue weighted by Crippen LogP contribution is 2.29. The van der Waals surface area contributed by atoms with E-state index < -0.39 is 51.9 Å². The number of hydrogen-bond donors (Lipinski definition) is 1. The van der Waals surface area contributed by atoms with E-state index in [-0.39, 0.29) is 12.2 Å². The maximum absolute atomic E-state index is 13.1. The molecule has 1 aromatic rings. The Bertz CT molecular complexity index is 860. The number of benzene rings is 1. The Morgan fingerprint density at radius 3 is 2.31 bits per heavy atom. The molecule has 9 nitrogen and oxygen atoms in total. The van der Waals surface area contributed by atoms with E-state index in [1.54, 1.807) is 20.8 Å². The highest BCUT2D eigenvalue weighted by atomic mass is 32.2.